The summed E-state index contributed by atoms with van der Waals surface area (Å²) in [4.78, 5) is 4.94. The predicted octanol–water partition coefficient (Wildman–Crippen LogP) is 4.62. The summed E-state index contributed by atoms with van der Waals surface area (Å²) in [5, 5.41) is 0. The molecule has 25 heavy (non-hydrogen) atoms. The molecule has 3 nitrogen and oxygen atoms in total. The van der Waals surface area contributed by atoms with Crippen LogP contribution in [0.1, 0.15) is 35.6 Å². The Morgan fingerprint density at radius 3 is 2.60 bits per heavy atom. The highest BCUT2D eigenvalue weighted by atomic mass is 16.5. The van der Waals surface area contributed by atoms with Crippen LogP contribution >= 0.6 is 0 Å². The average Bonchev–Trinajstić information content (AvgIpc) is 3.06. The Labute approximate surface area is 149 Å². The summed E-state index contributed by atoms with van der Waals surface area (Å²) >= 11 is 0. The van der Waals surface area contributed by atoms with E-state index >= 15 is 0 Å². The maximum Gasteiger partial charge on any atom is 0.192 e. The normalized spacial score (nSPS) is 27.5. The molecule has 0 radical (unpaired) electrons. The van der Waals surface area contributed by atoms with Crippen LogP contribution in [-0.2, 0) is 9.47 Å². The van der Waals surface area contributed by atoms with Gasteiger partial charge in [-0.1, -0.05) is 73.7 Å². The molecule has 0 fully saturated rings. The molecule has 0 bridgehead atoms. The number of nitrogens with zero attached hydrogens (tertiary/aromatic N) is 1. The Balaban J connectivity index is 1.68. The van der Waals surface area contributed by atoms with E-state index in [1.165, 1.54) is 11.1 Å². The van der Waals surface area contributed by atoms with Crippen molar-refractivity contribution in [1.29, 1.82) is 0 Å². The molecule has 3 heteroatoms. The van der Waals surface area contributed by atoms with E-state index in [0.717, 1.165) is 11.5 Å². The Hall–Kier alpha value is -2.39. The molecule has 2 aromatic carbocycles. The van der Waals surface area contributed by atoms with Crippen LogP contribution in [0.2, 0.25) is 0 Å². The maximum atomic E-state index is 6.42. The van der Waals surface area contributed by atoms with Gasteiger partial charge in [0.05, 0.1) is 12.5 Å². The summed E-state index contributed by atoms with van der Waals surface area (Å²) in [5.41, 5.74) is 3.69. The number of ether oxygens (including phenoxy) is 2. The van der Waals surface area contributed by atoms with Gasteiger partial charge in [-0.15, -0.1) is 0 Å². The second-order valence-electron chi connectivity index (χ2n) is 6.76. The largest absolute Gasteiger partial charge is 0.470 e. The molecular weight excluding hydrogens is 310 g/mol. The van der Waals surface area contributed by atoms with Crippen molar-refractivity contribution < 1.29 is 9.47 Å². The van der Waals surface area contributed by atoms with Gasteiger partial charge in [-0.05, 0) is 22.6 Å². The minimum Gasteiger partial charge on any atom is -0.470 e. The SMILES string of the molecule is COC[C@@H]1N=C([C@H]2c3ccccc3C=C[C@@H]2C)O[C@H]1c1ccccc1. The van der Waals surface area contributed by atoms with Crippen LogP contribution in [0.3, 0.4) is 0 Å². The van der Waals surface area contributed by atoms with E-state index in [4.69, 9.17) is 14.5 Å². The van der Waals surface area contributed by atoms with Gasteiger partial charge in [0.1, 0.15) is 12.1 Å². The van der Waals surface area contributed by atoms with Gasteiger partial charge in [0.2, 0.25) is 0 Å². The Bertz CT molecular complexity index is 797. The topological polar surface area (TPSA) is 30.8 Å². The van der Waals surface area contributed by atoms with Crippen molar-refractivity contribution in [3.63, 3.8) is 0 Å². The minimum atomic E-state index is -0.0820. The van der Waals surface area contributed by atoms with E-state index < -0.39 is 0 Å². The summed E-state index contributed by atoms with van der Waals surface area (Å²) in [7, 11) is 1.72. The lowest BCUT2D eigenvalue weighted by atomic mass is 9.80. The summed E-state index contributed by atoms with van der Waals surface area (Å²) in [6.45, 7) is 2.78. The lowest BCUT2D eigenvalue weighted by molar-refractivity contribution is 0.117. The molecule has 128 valence electrons. The van der Waals surface area contributed by atoms with Gasteiger partial charge in [-0.2, -0.15) is 0 Å². The zero-order valence-corrected chi connectivity index (χ0v) is 14.6. The van der Waals surface area contributed by atoms with Crippen LogP contribution in [-0.4, -0.2) is 25.7 Å². The summed E-state index contributed by atoms with van der Waals surface area (Å²) < 4.78 is 11.8. The van der Waals surface area contributed by atoms with Gasteiger partial charge >= 0.3 is 0 Å². The monoisotopic (exact) mass is 333 g/mol. The Morgan fingerprint density at radius 1 is 1.04 bits per heavy atom. The number of fused-ring (bicyclic) bond motifs is 1. The number of hydrogen-bond donors (Lipinski definition) is 0. The van der Waals surface area contributed by atoms with Crippen molar-refractivity contribution in [2.45, 2.75) is 25.0 Å². The van der Waals surface area contributed by atoms with Gasteiger partial charge in [0, 0.05) is 7.11 Å². The quantitative estimate of drug-likeness (QED) is 0.817. The van der Waals surface area contributed by atoms with Crippen LogP contribution in [0.4, 0.5) is 0 Å². The van der Waals surface area contributed by atoms with Gasteiger partial charge in [-0.3, -0.25) is 0 Å². The number of benzene rings is 2. The highest BCUT2D eigenvalue weighted by Crippen LogP contribution is 2.40. The van der Waals surface area contributed by atoms with Gasteiger partial charge in [0.15, 0.2) is 5.90 Å². The molecule has 1 aliphatic carbocycles. The van der Waals surface area contributed by atoms with E-state index in [1.54, 1.807) is 7.11 Å². The molecule has 2 aromatic rings. The highest BCUT2D eigenvalue weighted by Gasteiger charge is 2.38. The highest BCUT2D eigenvalue weighted by molar-refractivity contribution is 5.88. The third-order valence-corrected chi connectivity index (χ3v) is 5.06. The molecule has 4 atom stereocenters. The number of allylic oxidation sites excluding steroid dienone is 1. The van der Waals surface area contributed by atoms with Gasteiger partial charge < -0.3 is 9.47 Å². The Kier molecular flexibility index (Phi) is 4.41. The number of aliphatic imine (C=N–C) groups is 1. The first-order valence-electron chi connectivity index (χ1n) is 8.83. The second kappa shape index (κ2) is 6.85. The first-order chi connectivity index (χ1) is 12.3. The van der Waals surface area contributed by atoms with E-state index in [2.05, 4.69) is 55.5 Å². The smallest absolute Gasteiger partial charge is 0.192 e. The number of rotatable bonds is 4. The first kappa shape index (κ1) is 16.1. The molecule has 0 saturated carbocycles. The van der Waals surface area contributed by atoms with Crippen LogP contribution in [0.25, 0.3) is 6.08 Å². The van der Waals surface area contributed by atoms with E-state index in [1.807, 2.05) is 18.2 Å². The van der Waals surface area contributed by atoms with Gasteiger partial charge in [0.25, 0.3) is 0 Å². The van der Waals surface area contributed by atoms with Crippen LogP contribution in [0, 0.1) is 5.92 Å². The van der Waals surface area contributed by atoms with E-state index in [0.29, 0.717) is 12.5 Å². The van der Waals surface area contributed by atoms with Crippen molar-refractivity contribution in [2.75, 3.05) is 13.7 Å². The molecule has 2 aliphatic rings. The zero-order valence-electron chi connectivity index (χ0n) is 14.6. The van der Waals surface area contributed by atoms with Crippen molar-refractivity contribution in [1.82, 2.24) is 0 Å². The molecule has 0 spiro atoms. The fourth-order valence-corrected chi connectivity index (χ4v) is 3.81. The maximum absolute atomic E-state index is 6.42. The average molecular weight is 333 g/mol. The standard InChI is InChI=1S/C22H23NO2/c1-15-12-13-16-8-6-7-11-18(16)20(15)22-23-19(14-24-2)21(25-22)17-9-4-3-5-10-17/h3-13,15,19-21H,14H2,1-2H3/t15-,19-,20+,21-/m0/s1. The van der Waals surface area contributed by atoms with E-state index in [-0.39, 0.29) is 18.1 Å². The van der Waals surface area contributed by atoms with Gasteiger partial charge in [-0.25, -0.2) is 4.99 Å². The third-order valence-electron chi connectivity index (χ3n) is 5.06. The second-order valence-corrected chi connectivity index (χ2v) is 6.76. The summed E-state index contributed by atoms with van der Waals surface area (Å²) in [6, 6.07) is 18.8. The third kappa shape index (κ3) is 3.00. The van der Waals surface area contributed by atoms with E-state index in [9.17, 15) is 0 Å². The molecule has 0 N–H and O–H groups in total. The molecule has 0 saturated heterocycles. The molecule has 1 aliphatic heterocycles. The fraction of sp³-hybridized carbons (Fsp3) is 0.318. The lowest BCUT2D eigenvalue weighted by Gasteiger charge is -2.27. The molecule has 1 heterocycles. The lowest BCUT2D eigenvalue weighted by Crippen LogP contribution is -2.23. The van der Waals surface area contributed by atoms with Crippen molar-refractivity contribution in [2.24, 2.45) is 10.9 Å². The predicted molar refractivity (Wildman–Crippen MR) is 101 cm³/mol. The molecule has 0 amide bonds. The minimum absolute atomic E-state index is 0.00679. The van der Waals surface area contributed by atoms with Crippen molar-refractivity contribution in [3.05, 3.63) is 77.4 Å². The van der Waals surface area contributed by atoms with Crippen LogP contribution in [0.15, 0.2) is 65.7 Å². The first-order valence-corrected chi connectivity index (χ1v) is 8.83. The van der Waals surface area contributed by atoms with Crippen molar-refractivity contribution in [3.8, 4) is 0 Å². The molecular formula is C22H23NO2. The van der Waals surface area contributed by atoms with Crippen molar-refractivity contribution >= 4 is 12.0 Å². The summed E-state index contributed by atoms with van der Waals surface area (Å²) in [5.74, 6) is 1.35. The summed E-state index contributed by atoms with van der Waals surface area (Å²) in [6.07, 6.45) is 4.37. The molecule has 0 unspecified atom stereocenters. The van der Waals surface area contributed by atoms with Crippen LogP contribution < -0.4 is 0 Å². The zero-order chi connectivity index (χ0) is 17.2. The molecule has 4 rings (SSSR count). The number of methoxy groups -OCH3 is 1. The fourth-order valence-electron chi connectivity index (χ4n) is 3.81. The van der Waals surface area contributed by atoms with Crippen LogP contribution in [0.5, 0.6) is 0 Å². The Morgan fingerprint density at radius 2 is 1.80 bits per heavy atom. The number of hydrogen-bond acceptors (Lipinski definition) is 3. The molecule has 0 aromatic heterocycles.